The van der Waals surface area contributed by atoms with Crippen molar-refractivity contribution in [3.8, 4) is 5.75 Å². The molecule has 29 heavy (non-hydrogen) atoms. The van der Waals surface area contributed by atoms with Gasteiger partial charge in [-0.15, -0.1) is 11.8 Å². The van der Waals surface area contributed by atoms with E-state index in [4.69, 9.17) is 9.47 Å². The summed E-state index contributed by atoms with van der Waals surface area (Å²) in [5.41, 5.74) is 1.16. The number of ether oxygens (including phenoxy) is 2. The van der Waals surface area contributed by atoms with Gasteiger partial charge < -0.3 is 14.8 Å². The highest BCUT2D eigenvalue weighted by Gasteiger charge is 2.35. The molecule has 0 saturated carbocycles. The van der Waals surface area contributed by atoms with Crippen molar-refractivity contribution in [1.82, 2.24) is 9.78 Å². The largest absolute Gasteiger partial charge is 0.494 e. The van der Waals surface area contributed by atoms with E-state index in [9.17, 15) is 9.59 Å². The summed E-state index contributed by atoms with van der Waals surface area (Å²) in [6, 6.07) is 7.82. The van der Waals surface area contributed by atoms with Crippen molar-refractivity contribution < 1.29 is 14.3 Å². The maximum atomic E-state index is 13.0. The maximum Gasteiger partial charge on any atom is 0.270 e. The molecule has 2 unspecified atom stereocenters. The molecule has 1 fully saturated rings. The van der Waals surface area contributed by atoms with Crippen molar-refractivity contribution in [2.24, 2.45) is 0 Å². The van der Waals surface area contributed by atoms with Gasteiger partial charge in [-0.3, -0.25) is 19.4 Å². The summed E-state index contributed by atoms with van der Waals surface area (Å²) >= 11 is 1.47. The van der Waals surface area contributed by atoms with Gasteiger partial charge in [0.25, 0.3) is 5.56 Å². The normalized spacial score (nSPS) is 23.8. The average molecular weight is 418 g/mol. The number of thioether (sulfide) groups is 1. The first kappa shape index (κ1) is 20.1. The Bertz CT molecular complexity index is 948. The van der Waals surface area contributed by atoms with E-state index in [1.165, 1.54) is 11.8 Å². The quantitative estimate of drug-likeness (QED) is 0.796. The Labute approximate surface area is 174 Å². The molecular weight excluding hydrogens is 390 g/mol. The van der Waals surface area contributed by atoms with Crippen LogP contribution < -0.4 is 15.6 Å². The molecule has 0 radical (unpaired) electrons. The number of anilines is 1. The summed E-state index contributed by atoms with van der Waals surface area (Å²) in [6.45, 7) is 7.27. The molecule has 1 saturated heterocycles. The highest BCUT2D eigenvalue weighted by Crippen LogP contribution is 2.42. The Morgan fingerprint density at radius 3 is 2.72 bits per heavy atom. The van der Waals surface area contributed by atoms with E-state index >= 15 is 0 Å². The second-order valence-electron chi connectivity index (χ2n) is 8.07. The second kappa shape index (κ2) is 7.91. The van der Waals surface area contributed by atoms with E-state index in [2.05, 4.69) is 24.3 Å². The summed E-state index contributed by atoms with van der Waals surface area (Å²) in [6.07, 6.45) is 1.55. The van der Waals surface area contributed by atoms with Crippen molar-refractivity contribution in [3.05, 3.63) is 45.7 Å². The van der Waals surface area contributed by atoms with E-state index in [1.54, 1.807) is 0 Å². The van der Waals surface area contributed by atoms with Gasteiger partial charge in [0.05, 0.1) is 34.8 Å². The molecule has 1 amide bonds. The van der Waals surface area contributed by atoms with Crippen LogP contribution in [0, 0.1) is 0 Å². The average Bonchev–Trinajstić information content (AvgIpc) is 2.88. The third kappa shape index (κ3) is 4.09. The minimum absolute atomic E-state index is 0.0691. The Morgan fingerprint density at radius 1 is 1.28 bits per heavy atom. The van der Waals surface area contributed by atoms with Crippen LogP contribution in [0.1, 0.15) is 56.0 Å². The van der Waals surface area contributed by atoms with Crippen molar-refractivity contribution in [3.63, 3.8) is 0 Å². The number of nitrogens with zero attached hydrogens (tertiary/aromatic N) is 1. The molecule has 8 heteroatoms. The number of nitrogens with one attached hydrogen (secondary N) is 2. The van der Waals surface area contributed by atoms with E-state index < -0.39 is 0 Å². The second-order valence-corrected chi connectivity index (χ2v) is 9.16. The third-order valence-corrected chi connectivity index (χ3v) is 6.66. The Kier molecular flexibility index (Phi) is 5.48. The zero-order valence-electron chi connectivity index (χ0n) is 17.0. The molecular formula is C21H27N3O4S. The van der Waals surface area contributed by atoms with Crippen LogP contribution in [0.15, 0.2) is 29.1 Å². The number of benzene rings is 1. The zero-order chi connectivity index (χ0) is 20.6. The van der Waals surface area contributed by atoms with Crippen LogP contribution in [0.25, 0.3) is 0 Å². The number of carbonyl (C=O) groups excluding carboxylic acids is 1. The number of rotatable bonds is 4. The fourth-order valence-corrected chi connectivity index (χ4v) is 5.23. The Balaban J connectivity index is 1.74. The minimum Gasteiger partial charge on any atom is -0.494 e. The molecule has 3 heterocycles. The summed E-state index contributed by atoms with van der Waals surface area (Å²) in [7, 11) is 0. The summed E-state index contributed by atoms with van der Waals surface area (Å²) < 4.78 is 13.2. The number of hydrogen-bond acceptors (Lipinski definition) is 5. The Morgan fingerprint density at radius 2 is 2.03 bits per heavy atom. The summed E-state index contributed by atoms with van der Waals surface area (Å²) in [4.78, 5) is 25.4. The van der Waals surface area contributed by atoms with Crippen LogP contribution >= 0.6 is 11.8 Å². The van der Waals surface area contributed by atoms with Gasteiger partial charge in [-0.2, -0.15) is 0 Å². The first-order chi connectivity index (χ1) is 13.9. The van der Waals surface area contributed by atoms with Gasteiger partial charge in [-0.25, -0.2) is 0 Å². The highest BCUT2D eigenvalue weighted by molar-refractivity contribution is 8.00. The molecule has 2 aliphatic rings. The highest BCUT2D eigenvalue weighted by atomic mass is 32.2. The Hall–Kier alpha value is -2.19. The van der Waals surface area contributed by atoms with Crippen molar-refractivity contribution in [1.29, 1.82) is 0 Å². The molecule has 4 rings (SSSR count). The molecule has 156 valence electrons. The molecule has 0 spiro atoms. The predicted octanol–water partition coefficient (Wildman–Crippen LogP) is 3.48. The lowest BCUT2D eigenvalue weighted by Crippen LogP contribution is -2.36. The first-order valence-electron chi connectivity index (χ1n) is 10.0. The number of fused-ring (bicyclic) bond motifs is 1. The van der Waals surface area contributed by atoms with Crippen LogP contribution in [0.2, 0.25) is 0 Å². The first-order valence-corrected chi connectivity index (χ1v) is 11.1. The van der Waals surface area contributed by atoms with Crippen molar-refractivity contribution >= 4 is 23.5 Å². The molecule has 1 aromatic heterocycles. The van der Waals surface area contributed by atoms with Crippen molar-refractivity contribution in [2.75, 3.05) is 24.3 Å². The van der Waals surface area contributed by atoms with E-state index in [0.29, 0.717) is 30.3 Å². The van der Waals surface area contributed by atoms with Gasteiger partial charge in [0, 0.05) is 6.61 Å². The lowest BCUT2D eigenvalue weighted by Gasteiger charge is -2.36. The van der Waals surface area contributed by atoms with E-state index in [1.807, 2.05) is 35.9 Å². The molecule has 0 aliphatic carbocycles. The smallest absolute Gasteiger partial charge is 0.270 e. The SMILES string of the molecule is CCOc1ccc(C2SCC(=O)Nc3c2c(=O)[nH]n3C2CCOC(C)(C)C2)cc1. The topological polar surface area (TPSA) is 85.4 Å². The van der Waals surface area contributed by atoms with Gasteiger partial charge in [0.2, 0.25) is 5.91 Å². The minimum atomic E-state index is -0.269. The monoisotopic (exact) mass is 417 g/mol. The molecule has 2 aromatic rings. The van der Waals surface area contributed by atoms with E-state index in [0.717, 1.165) is 24.2 Å². The molecule has 1 aromatic carbocycles. The lowest BCUT2D eigenvalue weighted by molar-refractivity contribution is -0.113. The summed E-state index contributed by atoms with van der Waals surface area (Å²) in [5.74, 6) is 1.58. The lowest BCUT2D eigenvalue weighted by atomic mass is 9.94. The van der Waals surface area contributed by atoms with E-state index in [-0.39, 0.29) is 28.4 Å². The number of aromatic amines is 1. The van der Waals surface area contributed by atoms with Crippen LogP contribution in [0.5, 0.6) is 5.75 Å². The fourth-order valence-electron chi connectivity index (χ4n) is 4.11. The standard InChI is InChI=1S/C21H27N3O4S/c1-4-27-15-7-5-13(6-8-15)18-17-19(22-16(25)12-29-18)24(23-20(17)26)14-9-10-28-21(2,3)11-14/h5-8,14,18H,4,9-12H2,1-3H3,(H,22,25)(H,23,26). The fraction of sp³-hybridized carbons (Fsp3) is 0.524. The van der Waals surface area contributed by atoms with Gasteiger partial charge in [-0.05, 0) is 51.3 Å². The number of aromatic nitrogens is 2. The predicted molar refractivity (Wildman–Crippen MR) is 114 cm³/mol. The third-order valence-electron chi connectivity index (χ3n) is 5.39. The van der Waals surface area contributed by atoms with Gasteiger partial charge >= 0.3 is 0 Å². The molecule has 2 aliphatic heterocycles. The molecule has 0 bridgehead atoms. The number of hydrogen-bond donors (Lipinski definition) is 2. The zero-order valence-corrected chi connectivity index (χ0v) is 17.8. The molecule has 2 N–H and O–H groups in total. The van der Waals surface area contributed by atoms with Crippen LogP contribution in [-0.2, 0) is 9.53 Å². The number of amides is 1. The van der Waals surface area contributed by atoms with Crippen LogP contribution in [0.3, 0.4) is 0 Å². The number of H-pyrrole nitrogens is 1. The van der Waals surface area contributed by atoms with Gasteiger partial charge in [0.1, 0.15) is 11.6 Å². The summed E-state index contributed by atoms with van der Waals surface area (Å²) in [5, 5.41) is 5.74. The molecule has 2 atom stereocenters. The molecule has 7 nitrogen and oxygen atoms in total. The number of carbonyl (C=O) groups is 1. The van der Waals surface area contributed by atoms with Crippen LogP contribution in [-0.4, -0.2) is 40.3 Å². The van der Waals surface area contributed by atoms with Gasteiger partial charge in [0.15, 0.2) is 0 Å². The van der Waals surface area contributed by atoms with Gasteiger partial charge in [-0.1, -0.05) is 12.1 Å². The maximum absolute atomic E-state index is 13.0. The van der Waals surface area contributed by atoms with Crippen LogP contribution in [0.4, 0.5) is 5.82 Å². The van der Waals surface area contributed by atoms with Crippen molar-refractivity contribution in [2.45, 2.75) is 50.5 Å².